The third-order valence-corrected chi connectivity index (χ3v) is 3.91. The zero-order valence-corrected chi connectivity index (χ0v) is 11.6. The Balaban J connectivity index is 2.18. The van der Waals surface area contributed by atoms with E-state index in [0.717, 1.165) is 16.6 Å². The maximum atomic E-state index is 6.07. The fraction of sp³-hybridized carbons (Fsp3) is 0.158. The second-order valence-electron chi connectivity index (χ2n) is 5.57. The van der Waals surface area contributed by atoms with E-state index in [2.05, 4.69) is 56.3 Å². The summed E-state index contributed by atoms with van der Waals surface area (Å²) in [7, 11) is 0. The first kappa shape index (κ1) is 11.5. The maximum Gasteiger partial charge on any atom is 0.143 e. The molecule has 1 nitrogen and oxygen atoms in total. The van der Waals surface area contributed by atoms with Crippen LogP contribution >= 0.6 is 0 Å². The Hall–Kier alpha value is -2.28. The lowest BCUT2D eigenvalue weighted by molar-refractivity contribution is 0.672. The Bertz CT molecular complexity index is 928. The van der Waals surface area contributed by atoms with Gasteiger partial charge in [-0.1, -0.05) is 50.2 Å². The van der Waals surface area contributed by atoms with Crippen LogP contribution in [-0.4, -0.2) is 0 Å². The van der Waals surface area contributed by atoms with Crippen LogP contribution in [-0.2, 0) is 0 Å². The molecule has 0 N–H and O–H groups in total. The molecule has 0 saturated heterocycles. The minimum absolute atomic E-state index is 0.471. The number of benzene rings is 3. The second-order valence-corrected chi connectivity index (χ2v) is 5.57. The van der Waals surface area contributed by atoms with Crippen molar-refractivity contribution in [3.8, 4) is 0 Å². The van der Waals surface area contributed by atoms with Crippen LogP contribution in [0.4, 0.5) is 0 Å². The van der Waals surface area contributed by atoms with Gasteiger partial charge in [0.05, 0.1) is 0 Å². The van der Waals surface area contributed by atoms with Crippen molar-refractivity contribution < 1.29 is 4.42 Å². The highest BCUT2D eigenvalue weighted by atomic mass is 16.3. The smallest absolute Gasteiger partial charge is 0.143 e. The lowest BCUT2D eigenvalue weighted by atomic mass is 9.98. The number of fused-ring (bicyclic) bond motifs is 5. The lowest BCUT2D eigenvalue weighted by Gasteiger charge is -2.06. The topological polar surface area (TPSA) is 13.1 Å². The zero-order chi connectivity index (χ0) is 13.7. The molecule has 97 valence electrons. The first-order valence-electron chi connectivity index (χ1n) is 7.00. The van der Waals surface area contributed by atoms with Gasteiger partial charge >= 0.3 is 0 Å². The van der Waals surface area contributed by atoms with Crippen LogP contribution in [0.5, 0.6) is 0 Å². The fourth-order valence-electron chi connectivity index (χ4n) is 2.77. The molecular weight excluding hydrogens is 244 g/mol. The van der Waals surface area contributed by atoms with Gasteiger partial charge in [0.25, 0.3) is 0 Å². The Morgan fingerprint density at radius 1 is 0.900 bits per heavy atom. The van der Waals surface area contributed by atoms with Crippen LogP contribution in [0.15, 0.2) is 52.9 Å². The molecular formula is C19H15O. The standard InChI is InChI=1S/C19H15O/c1-12(2)14-8-7-13-9-10-16-15-5-3-4-6-18(15)20-19(16)17(13)11-14/h3-10,12H,1-2H3. The molecule has 4 rings (SSSR count). The summed E-state index contributed by atoms with van der Waals surface area (Å²) in [5.74, 6) is 0.471. The highest BCUT2D eigenvalue weighted by molar-refractivity contribution is 6.14. The number of para-hydroxylation sites is 1. The molecule has 0 fully saturated rings. The maximum absolute atomic E-state index is 6.07. The molecule has 0 atom stereocenters. The molecule has 0 spiro atoms. The summed E-state index contributed by atoms with van der Waals surface area (Å²) in [6.45, 7) is 4.38. The average Bonchev–Trinajstić information content (AvgIpc) is 2.85. The first-order chi connectivity index (χ1) is 9.74. The number of rotatable bonds is 1. The van der Waals surface area contributed by atoms with Gasteiger partial charge in [-0.3, -0.25) is 0 Å². The monoisotopic (exact) mass is 259 g/mol. The van der Waals surface area contributed by atoms with Gasteiger partial charge in [0, 0.05) is 16.2 Å². The summed E-state index contributed by atoms with van der Waals surface area (Å²) in [5, 5.41) is 4.61. The van der Waals surface area contributed by atoms with Gasteiger partial charge in [0.1, 0.15) is 11.2 Å². The van der Waals surface area contributed by atoms with Gasteiger partial charge in [-0.15, -0.1) is 0 Å². The Labute approximate surface area is 117 Å². The van der Waals surface area contributed by atoms with E-state index in [0.29, 0.717) is 5.92 Å². The van der Waals surface area contributed by atoms with Crippen molar-refractivity contribution in [1.82, 2.24) is 0 Å². The molecule has 0 aliphatic carbocycles. The van der Waals surface area contributed by atoms with Gasteiger partial charge in [-0.2, -0.15) is 0 Å². The summed E-state index contributed by atoms with van der Waals surface area (Å²) in [6, 6.07) is 20.3. The van der Waals surface area contributed by atoms with Gasteiger partial charge in [0.2, 0.25) is 0 Å². The van der Waals surface area contributed by atoms with E-state index in [1.54, 1.807) is 0 Å². The van der Waals surface area contributed by atoms with Crippen molar-refractivity contribution in [2.45, 2.75) is 19.8 Å². The van der Waals surface area contributed by atoms with E-state index >= 15 is 0 Å². The Morgan fingerprint density at radius 2 is 1.70 bits per heavy atom. The lowest BCUT2D eigenvalue weighted by Crippen LogP contribution is -1.87. The highest BCUT2D eigenvalue weighted by Crippen LogP contribution is 2.34. The van der Waals surface area contributed by atoms with Crippen molar-refractivity contribution in [2.75, 3.05) is 0 Å². The molecule has 0 amide bonds. The molecule has 1 heterocycles. The third-order valence-electron chi connectivity index (χ3n) is 3.91. The highest BCUT2D eigenvalue weighted by Gasteiger charge is 2.11. The quantitative estimate of drug-likeness (QED) is 0.429. The number of hydrogen-bond donors (Lipinski definition) is 0. The third kappa shape index (κ3) is 1.56. The van der Waals surface area contributed by atoms with Crippen molar-refractivity contribution in [2.24, 2.45) is 0 Å². The van der Waals surface area contributed by atoms with E-state index in [4.69, 9.17) is 4.42 Å². The largest absolute Gasteiger partial charge is 0.455 e. The van der Waals surface area contributed by atoms with Crippen molar-refractivity contribution >= 4 is 32.7 Å². The Morgan fingerprint density at radius 3 is 2.55 bits per heavy atom. The van der Waals surface area contributed by atoms with Crippen LogP contribution in [0.1, 0.15) is 25.3 Å². The molecule has 3 aromatic carbocycles. The van der Waals surface area contributed by atoms with Crippen LogP contribution < -0.4 is 0 Å². The van der Waals surface area contributed by atoms with Gasteiger partial charge in [0.15, 0.2) is 0 Å². The van der Waals surface area contributed by atoms with Crippen LogP contribution in [0.2, 0.25) is 0 Å². The second kappa shape index (κ2) is 4.11. The number of furan rings is 1. The van der Waals surface area contributed by atoms with Crippen LogP contribution in [0.3, 0.4) is 0 Å². The predicted molar refractivity (Wildman–Crippen MR) is 84.2 cm³/mol. The first-order valence-corrected chi connectivity index (χ1v) is 7.00. The molecule has 20 heavy (non-hydrogen) atoms. The van der Waals surface area contributed by atoms with Crippen molar-refractivity contribution in [1.29, 1.82) is 0 Å². The summed E-state index contributed by atoms with van der Waals surface area (Å²) in [4.78, 5) is 0. The normalized spacial score (nSPS) is 11.9. The van der Waals surface area contributed by atoms with Crippen LogP contribution in [0.25, 0.3) is 32.7 Å². The molecule has 4 aromatic rings. The molecule has 0 aliphatic heterocycles. The Kier molecular flexibility index (Phi) is 2.37. The summed E-state index contributed by atoms with van der Waals surface area (Å²) >= 11 is 0. The van der Waals surface area contributed by atoms with Gasteiger partial charge < -0.3 is 4.42 Å². The average molecular weight is 259 g/mol. The van der Waals surface area contributed by atoms with E-state index in [9.17, 15) is 0 Å². The van der Waals surface area contributed by atoms with Crippen molar-refractivity contribution in [3.63, 3.8) is 0 Å². The van der Waals surface area contributed by atoms with Crippen LogP contribution in [0, 0.1) is 6.07 Å². The zero-order valence-electron chi connectivity index (χ0n) is 11.6. The van der Waals surface area contributed by atoms with Crippen molar-refractivity contribution in [3.05, 3.63) is 60.2 Å². The van der Waals surface area contributed by atoms with Gasteiger partial charge in [-0.25, -0.2) is 0 Å². The molecule has 0 aliphatic rings. The minimum atomic E-state index is 0.471. The summed E-state index contributed by atoms with van der Waals surface area (Å²) in [6.07, 6.45) is 0. The SMILES string of the molecule is CC(C)c1[c]c2c(cc1)ccc1c3ccccc3oc21. The fourth-order valence-corrected chi connectivity index (χ4v) is 2.77. The predicted octanol–water partition coefficient (Wildman–Crippen LogP) is 5.66. The van der Waals surface area contributed by atoms with E-state index < -0.39 is 0 Å². The molecule has 0 saturated carbocycles. The molecule has 1 heteroatoms. The molecule has 0 unspecified atom stereocenters. The molecule has 0 bridgehead atoms. The van der Waals surface area contributed by atoms with E-state index in [1.807, 2.05) is 12.1 Å². The molecule has 1 aromatic heterocycles. The summed E-state index contributed by atoms with van der Waals surface area (Å²) in [5.41, 5.74) is 3.12. The van der Waals surface area contributed by atoms with E-state index in [-0.39, 0.29) is 0 Å². The minimum Gasteiger partial charge on any atom is -0.455 e. The van der Waals surface area contributed by atoms with Gasteiger partial charge in [-0.05, 0) is 35.1 Å². The number of hydrogen-bond acceptors (Lipinski definition) is 1. The molecule has 1 radical (unpaired) electrons. The van der Waals surface area contributed by atoms with E-state index in [1.165, 1.54) is 21.7 Å². The summed E-state index contributed by atoms with van der Waals surface area (Å²) < 4.78 is 6.07.